The van der Waals surface area contributed by atoms with Crippen molar-refractivity contribution in [3.05, 3.63) is 38.9 Å². The van der Waals surface area contributed by atoms with Crippen molar-refractivity contribution in [2.24, 2.45) is 17.6 Å². The molecule has 1 aromatic carbocycles. The number of hydrogen-bond acceptors (Lipinski definition) is 1. The Hall–Kier alpha value is -0.500. The summed E-state index contributed by atoms with van der Waals surface area (Å²) in [6, 6.07) is 4.23. The monoisotopic (exact) mass is 295 g/mol. The summed E-state index contributed by atoms with van der Waals surface area (Å²) < 4.78 is 0. The van der Waals surface area contributed by atoms with Gasteiger partial charge in [0, 0.05) is 6.04 Å². The van der Waals surface area contributed by atoms with E-state index in [4.69, 9.17) is 28.9 Å². The molecule has 3 rings (SSSR count). The molecule has 0 radical (unpaired) electrons. The van der Waals surface area contributed by atoms with Crippen LogP contribution in [0.2, 0.25) is 10.0 Å². The predicted molar refractivity (Wildman–Crippen MR) is 82.6 cm³/mol. The van der Waals surface area contributed by atoms with Crippen LogP contribution in [0.1, 0.15) is 37.8 Å². The van der Waals surface area contributed by atoms with E-state index in [1.54, 1.807) is 0 Å². The average molecular weight is 296 g/mol. The minimum absolute atomic E-state index is 0.195. The number of rotatable bonds is 1. The molecule has 3 heteroatoms. The molecule has 0 spiro atoms. The molecule has 0 saturated heterocycles. The molecule has 0 aromatic heterocycles. The molecule has 0 aliphatic heterocycles. The van der Waals surface area contributed by atoms with Gasteiger partial charge < -0.3 is 5.73 Å². The first-order valence-electron chi connectivity index (χ1n) is 6.93. The van der Waals surface area contributed by atoms with Gasteiger partial charge >= 0.3 is 0 Å². The van der Waals surface area contributed by atoms with Crippen molar-refractivity contribution in [3.63, 3.8) is 0 Å². The van der Waals surface area contributed by atoms with Gasteiger partial charge in [0.15, 0.2) is 0 Å². The second-order valence-electron chi connectivity index (χ2n) is 6.15. The van der Waals surface area contributed by atoms with Crippen LogP contribution in [0.5, 0.6) is 0 Å². The summed E-state index contributed by atoms with van der Waals surface area (Å²) in [6.45, 7) is 4.57. The van der Waals surface area contributed by atoms with Gasteiger partial charge in [-0.2, -0.15) is 0 Å². The lowest BCUT2D eigenvalue weighted by Gasteiger charge is -2.31. The van der Waals surface area contributed by atoms with Gasteiger partial charge in [-0.05, 0) is 65.5 Å². The van der Waals surface area contributed by atoms with Crippen LogP contribution in [-0.4, -0.2) is 6.04 Å². The zero-order valence-corrected chi connectivity index (χ0v) is 12.9. The maximum Gasteiger partial charge on any atom is 0.0598 e. The maximum absolute atomic E-state index is 6.38. The molecule has 2 aliphatic carbocycles. The van der Waals surface area contributed by atoms with Crippen LogP contribution >= 0.6 is 23.2 Å². The van der Waals surface area contributed by atoms with E-state index in [-0.39, 0.29) is 6.04 Å². The van der Waals surface area contributed by atoms with Gasteiger partial charge in [0.25, 0.3) is 0 Å². The smallest absolute Gasteiger partial charge is 0.0598 e. The highest BCUT2D eigenvalue weighted by Gasteiger charge is 2.34. The van der Waals surface area contributed by atoms with Crippen LogP contribution in [-0.2, 0) is 6.42 Å². The predicted octanol–water partition coefficient (Wildman–Crippen LogP) is 4.70. The van der Waals surface area contributed by atoms with Crippen molar-refractivity contribution in [2.75, 3.05) is 0 Å². The van der Waals surface area contributed by atoms with E-state index in [1.165, 1.54) is 22.3 Å². The van der Waals surface area contributed by atoms with Gasteiger partial charge in [-0.1, -0.05) is 37.0 Å². The topological polar surface area (TPSA) is 26.0 Å². The lowest BCUT2D eigenvalue weighted by Crippen LogP contribution is -2.32. The van der Waals surface area contributed by atoms with E-state index in [2.05, 4.69) is 13.8 Å². The van der Waals surface area contributed by atoms with Gasteiger partial charge in [-0.15, -0.1) is 0 Å². The van der Waals surface area contributed by atoms with E-state index < -0.39 is 0 Å². The third-order valence-electron chi connectivity index (χ3n) is 4.65. The highest BCUT2D eigenvalue weighted by atomic mass is 35.5. The Morgan fingerprint density at radius 2 is 1.89 bits per heavy atom. The Morgan fingerprint density at radius 3 is 2.58 bits per heavy atom. The fourth-order valence-corrected chi connectivity index (χ4v) is 3.77. The Labute approximate surface area is 124 Å². The van der Waals surface area contributed by atoms with Crippen molar-refractivity contribution in [2.45, 2.75) is 39.2 Å². The van der Waals surface area contributed by atoms with Crippen LogP contribution in [0.15, 0.2) is 17.7 Å². The van der Waals surface area contributed by atoms with Gasteiger partial charge in [0.1, 0.15) is 0 Å². The van der Waals surface area contributed by atoms with Crippen LogP contribution < -0.4 is 5.73 Å². The lowest BCUT2D eigenvalue weighted by atomic mass is 9.76. The molecule has 1 nitrogen and oxygen atoms in total. The number of benzene rings is 1. The number of hydrogen-bond donors (Lipinski definition) is 1. The van der Waals surface area contributed by atoms with E-state index in [0.29, 0.717) is 21.9 Å². The van der Waals surface area contributed by atoms with Crippen LogP contribution in [0.25, 0.3) is 5.57 Å². The molecule has 2 atom stereocenters. The lowest BCUT2D eigenvalue weighted by molar-refractivity contribution is 0.338. The molecule has 2 aliphatic rings. The van der Waals surface area contributed by atoms with Crippen LogP contribution in [0.3, 0.4) is 0 Å². The maximum atomic E-state index is 6.38. The molecule has 102 valence electrons. The Bertz CT molecular complexity index is 560. The Morgan fingerprint density at radius 1 is 1.21 bits per heavy atom. The SMILES string of the molecule is CC(C)C1CC2=C(Cc3cc(Cl)c(Cl)cc32)C(N)C1. The zero-order valence-electron chi connectivity index (χ0n) is 11.3. The normalized spacial score (nSPS) is 25.8. The van der Waals surface area contributed by atoms with E-state index in [0.717, 1.165) is 19.3 Å². The number of allylic oxidation sites excluding steroid dienone is 1. The second-order valence-corrected chi connectivity index (χ2v) is 6.97. The summed E-state index contributed by atoms with van der Waals surface area (Å²) in [5.41, 5.74) is 11.8. The second kappa shape index (κ2) is 4.80. The fourth-order valence-electron chi connectivity index (χ4n) is 3.42. The quantitative estimate of drug-likeness (QED) is 0.799. The number of halogens is 2. The van der Waals surface area contributed by atoms with Gasteiger partial charge in [0.2, 0.25) is 0 Å². The molecule has 0 amide bonds. The first kappa shape index (κ1) is 13.5. The summed E-state index contributed by atoms with van der Waals surface area (Å²) in [6.07, 6.45) is 3.19. The molecule has 0 bridgehead atoms. The third kappa shape index (κ3) is 2.22. The molecule has 2 N–H and O–H groups in total. The summed E-state index contributed by atoms with van der Waals surface area (Å²) in [4.78, 5) is 0. The van der Waals surface area contributed by atoms with Crippen molar-refractivity contribution < 1.29 is 0 Å². The summed E-state index contributed by atoms with van der Waals surface area (Å²) >= 11 is 12.3. The van der Waals surface area contributed by atoms with E-state index in [1.807, 2.05) is 12.1 Å². The number of nitrogens with two attached hydrogens (primary N) is 1. The largest absolute Gasteiger partial charge is 0.324 e. The van der Waals surface area contributed by atoms with Crippen LogP contribution in [0.4, 0.5) is 0 Å². The van der Waals surface area contributed by atoms with Crippen LogP contribution in [0, 0.1) is 11.8 Å². The molecular weight excluding hydrogens is 277 g/mol. The average Bonchev–Trinajstić information content (AvgIpc) is 2.68. The molecule has 1 aromatic rings. The van der Waals surface area contributed by atoms with Crippen molar-refractivity contribution in [3.8, 4) is 0 Å². The highest BCUT2D eigenvalue weighted by Crippen LogP contribution is 2.46. The Kier molecular flexibility index (Phi) is 3.41. The number of fused-ring (bicyclic) bond motifs is 2. The van der Waals surface area contributed by atoms with Crippen molar-refractivity contribution >= 4 is 28.8 Å². The van der Waals surface area contributed by atoms with E-state index in [9.17, 15) is 0 Å². The minimum Gasteiger partial charge on any atom is -0.324 e. The van der Waals surface area contributed by atoms with Gasteiger partial charge in [-0.25, -0.2) is 0 Å². The van der Waals surface area contributed by atoms with Crippen molar-refractivity contribution in [1.29, 1.82) is 0 Å². The summed E-state index contributed by atoms with van der Waals surface area (Å²) in [5, 5.41) is 1.30. The molecule has 0 heterocycles. The molecule has 0 saturated carbocycles. The first-order chi connectivity index (χ1) is 8.97. The molecular formula is C16H19Cl2N. The minimum atomic E-state index is 0.195. The standard InChI is InChI=1S/C16H19Cl2N/c1-8(2)9-3-12-11-7-15(18)14(17)5-10(11)4-13(12)16(19)6-9/h5,7-9,16H,3-4,6,19H2,1-2H3. The zero-order chi connectivity index (χ0) is 13.7. The van der Waals surface area contributed by atoms with Gasteiger partial charge in [0.05, 0.1) is 10.0 Å². The third-order valence-corrected chi connectivity index (χ3v) is 5.38. The first-order valence-corrected chi connectivity index (χ1v) is 7.68. The fraction of sp³-hybridized carbons (Fsp3) is 0.500. The summed E-state index contributed by atoms with van der Waals surface area (Å²) in [7, 11) is 0. The molecule has 19 heavy (non-hydrogen) atoms. The molecule has 2 unspecified atom stereocenters. The summed E-state index contributed by atoms with van der Waals surface area (Å²) in [5.74, 6) is 1.35. The van der Waals surface area contributed by atoms with E-state index >= 15 is 0 Å². The Balaban J connectivity index is 2.03. The highest BCUT2D eigenvalue weighted by molar-refractivity contribution is 6.42. The molecule has 0 fully saturated rings. The van der Waals surface area contributed by atoms with Crippen molar-refractivity contribution in [1.82, 2.24) is 0 Å². The van der Waals surface area contributed by atoms with Gasteiger partial charge in [-0.3, -0.25) is 0 Å².